The summed E-state index contributed by atoms with van der Waals surface area (Å²) in [6.07, 6.45) is 8.16. The first kappa shape index (κ1) is 43.6. The van der Waals surface area contributed by atoms with E-state index in [9.17, 15) is 0 Å². The van der Waals surface area contributed by atoms with Gasteiger partial charge in [-0.25, -0.2) is 69.8 Å². The highest BCUT2D eigenvalue weighted by atomic mass is 35.7. The Kier molecular flexibility index (Phi) is 7.03. The molecule has 19 heteroatoms. The molecule has 16 nitrogen and oxygen atoms in total. The molecule has 75 heavy (non-hydrogen) atoms. The van der Waals surface area contributed by atoms with E-state index in [4.69, 9.17) is 92.0 Å². The van der Waals surface area contributed by atoms with Crippen molar-refractivity contribution >= 4 is 86.2 Å². The number of amidine groups is 4. The van der Waals surface area contributed by atoms with Crippen LogP contribution in [0.1, 0.15) is 226 Å². The number of hydrogen-bond acceptors (Lipinski definition) is 14. The van der Waals surface area contributed by atoms with Crippen LogP contribution in [0, 0.1) is 21.7 Å². The summed E-state index contributed by atoms with van der Waals surface area (Å²) >= 11 is 17.0. The highest BCUT2D eigenvalue weighted by Crippen LogP contribution is 2.70. The van der Waals surface area contributed by atoms with Crippen molar-refractivity contribution in [1.82, 2.24) is 48.3 Å². The van der Waals surface area contributed by atoms with Crippen molar-refractivity contribution in [3.8, 4) is 0 Å². The van der Waals surface area contributed by atoms with Gasteiger partial charge in [-0.3, -0.25) is 8.47 Å². The van der Waals surface area contributed by atoms with E-state index in [-0.39, 0.29) is 67.0 Å². The van der Waals surface area contributed by atoms with Crippen LogP contribution < -0.4 is 11.0 Å². The maximum atomic E-state index is 8.50. The minimum absolute atomic E-state index is 0.0475. The van der Waals surface area contributed by atoms with Gasteiger partial charge in [0.1, 0.15) is 44.8 Å². The van der Waals surface area contributed by atoms with Gasteiger partial charge in [-0.15, -0.1) is 0 Å². The molecule has 0 aromatic carbocycles. The van der Waals surface area contributed by atoms with Gasteiger partial charge in [-0.2, -0.15) is 0 Å². The largest absolute Gasteiger partial charge is 0.484 e. The van der Waals surface area contributed by atoms with Crippen LogP contribution >= 0.6 is 22.2 Å². The maximum Gasteiger partial charge on any atom is 0.484 e. The Morgan fingerprint density at radius 1 is 0.360 bits per heavy atom. The summed E-state index contributed by atoms with van der Waals surface area (Å²) in [6.45, 7) is 28.3. The third kappa shape index (κ3) is 4.26. The first-order chi connectivity index (χ1) is 35.4. The van der Waals surface area contributed by atoms with E-state index in [2.05, 4.69) is 83.1 Å². The van der Waals surface area contributed by atoms with Gasteiger partial charge < -0.3 is 0 Å². The van der Waals surface area contributed by atoms with Crippen LogP contribution in [0.2, 0.25) is 0 Å². The van der Waals surface area contributed by atoms with Crippen molar-refractivity contribution in [1.29, 1.82) is 0 Å². The molecular weight excluding hydrogens is 996 g/mol. The van der Waals surface area contributed by atoms with E-state index in [1.165, 1.54) is 0 Å². The first-order valence-electron chi connectivity index (χ1n) is 27.3. The topological polar surface area (TPSA) is 187 Å². The first-order valence-corrected chi connectivity index (χ1v) is 31.3. The third-order valence-corrected chi connectivity index (χ3v) is 28.3. The SMILES string of the molecule is CC12CCC(c3nc4c(nc31)C1=NC4=Nc3c4nc5c(nc4c4n3[Si](Cl)(Cl)n3c(c6nc7c(nc6c3=NC3=NC(=N4)c4nc6c(nc43)C3CCC6(C)C3(C)C)C3(C)CCC7C3(C)C)=N1)C1CCC5(C)C1(C)C)C2(C)C. The zero-order valence-corrected chi connectivity index (χ0v) is 46.9. The fraction of sp³-hybridized carbons (Fsp3) is 0.571. The summed E-state index contributed by atoms with van der Waals surface area (Å²) in [5.41, 5.74) is 12.0. The molecule has 8 aliphatic carbocycles. The highest BCUT2D eigenvalue weighted by Gasteiger charge is 2.66. The van der Waals surface area contributed by atoms with Gasteiger partial charge in [0.05, 0.1) is 45.6 Å². The second-order valence-corrected chi connectivity index (χ2v) is 33.3. The smallest absolute Gasteiger partial charge is 0.291 e. The molecule has 8 atom stereocenters. The number of halogens is 2. The van der Waals surface area contributed by atoms with Gasteiger partial charge in [0, 0.05) is 45.3 Å². The van der Waals surface area contributed by atoms with Gasteiger partial charge in [-0.05, 0) is 73.0 Å². The second-order valence-electron chi connectivity index (χ2n) is 27.6. The monoisotopic (exact) mass is 1050 g/mol. The Morgan fingerprint density at radius 2 is 0.667 bits per heavy atom. The lowest BCUT2D eigenvalue weighted by Crippen LogP contribution is -2.51. The number of aliphatic imine (C=N–C) groups is 4. The quantitative estimate of drug-likeness (QED) is 0.106. The molecule has 0 saturated heterocycles. The van der Waals surface area contributed by atoms with Crippen molar-refractivity contribution in [2.45, 2.75) is 180 Å². The molecule has 0 amide bonds. The summed E-state index contributed by atoms with van der Waals surface area (Å²) in [4.78, 5) is 78.4. The molecule has 10 heterocycles. The summed E-state index contributed by atoms with van der Waals surface area (Å²) in [5.74, 6) is 3.03. The molecule has 14 bridgehead atoms. The van der Waals surface area contributed by atoms with Crippen molar-refractivity contribution in [2.24, 2.45) is 51.6 Å². The van der Waals surface area contributed by atoms with Gasteiger partial charge >= 0.3 is 7.02 Å². The molecule has 4 saturated carbocycles. The lowest BCUT2D eigenvalue weighted by atomic mass is 9.70. The summed E-state index contributed by atoms with van der Waals surface area (Å²) in [7, 11) is -4.40. The Labute approximate surface area is 443 Å². The van der Waals surface area contributed by atoms with Crippen molar-refractivity contribution in [2.75, 3.05) is 0 Å². The number of nitrogens with zero attached hydrogens (tertiary/aromatic N) is 16. The molecule has 0 N–H and O–H groups in total. The summed E-state index contributed by atoms with van der Waals surface area (Å²) in [5, 5.41) is 0. The van der Waals surface area contributed by atoms with E-state index in [0.717, 1.165) is 96.9 Å². The fourth-order valence-corrected chi connectivity index (χ4v) is 21.8. The number of rotatable bonds is 0. The Bertz CT molecular complexity index is 4250. The highest BCUT2D eigenvalue weighted by molar-refractivity contribution is 7.44. The van der Waals surface area contributed by atoms with Crippen LogP contribution in [-0.4, -0.2) is 78.7 Å². The minimum atomic E-state index is -4.40. The van der Waals surface area contributed by atoms with E-state index in [0.29, 0.717) is 90.8 Å². The molecular formula is C56H56Cl2N16Si. The van der Waals surface area contributed by atoms with Gasteiger partial charge in [-0.1, -0.05) is 105 Å². The molecule has 0 spiro atoms. The van der Waals surface area contributed by atoms with Crippen LogP contribution in [0.5, 0.6) is 0 Å². The standard InChI is InChI=1S/C56H56Cl2N16Si/c1-49(2)21-13-17-53(49,9)37-25(21)59-29-31(63-37)43-67-41(29)69-47-35-34(62-28-24-16-19-55(11,39(28)65-35)52(24,7)8)46-72-44-32-30(60-26-22-14-18-54(10,38(26)64-32)50(22,3)4)42(68-44)70-48-36-33(45(71-43)73(48)75(57,58)74(46)47)61-27-23-15-20-56(12,40(27)66-36)51(23,5)6/h21-24H,13-20H2,1-12H3. The van der Waals surface area contributed by atoms with Crippen molar-refractivity contribution in [3.63, 3.8) is 0 Å². The Morgan fingerprint density at radius 3 is 1.08 bits per heavy atom. The molecule has 0 radical (unpaired) electrons. The van der Waals surface area contributed by atoms with E-state index >= 15 is 0 Å². The minimum Gasteiger partial charge on any atom is -0.291 e. The Balaban J connectivity index is 1.03. The van der Waals surface area contributed by atoms with Gasteiger partial charge in [0.15, 0.2) is 46.0 Å². The molecule has 6 aromatic rings. The van der Waals surface area contributed by atoms with E-state index < -0.39 is 7.02 Å². The lowest BCUT2D eigenvalue weighted by molar-refractivity contribution is 0.227. The molecule has 6 aromatic heterocycles. The van der Waals surface area contributed by atoms with Crippen LogP contribution in [0.4, 0.5) is 11.6 Å². The molecule has 378 valence electrons. The van der Waals surface area contributed by atoms with Crippen LogP contribution in [0.25, 0.3) is 22.1 Å². The zero-order chi connectivity index (χ0) is 51.4. The van der Waals surface area contributed by atoms with Crippen molar-refractivity contribution in [3.05, 3.63) is 79.3 Å². The van der Waals surface area contributed by atoms with Crippen LogP contribution in [0.3, 0.4) is 0 Å². The molecule has 18 rings (SSSR count). The number of hydrogen-bond donors (Lipinski definition) is 0. The van der Waals surface area contributed by atoms with Gasteiger partial charge in [0.2, 0.25) is 0 Å². The molecule has 4 fully saturated rings. The van der Waals surface area contributed by atoms with Crippen LogP contribution in [0.15, 0.2) is 30.0 Å². The number of aromatic nitrogens is 10. The number of fused-ring (bicyclic) bond motifs is 34. The third-order valence-electron chi connectivity index (χ3n) is 24.4. The molecule has 12 aliphatic rings. The normalized spacial score (nSPS) is 34.9. The van der Waals surface area contributed by atoms with E-state index in [1.807, 2.05) is 8.47 Å². The molecule has 4 aliphatic heterocycles. The summed E-state index contributed by atoms with van der Waals surface area (Å²) in [6, 6.07) is 0. The maximum absolute atomic E-state index is 8.50. The average Bonchev–Trinajstić information content (AvgIpc) is 4.34. The summed E-state index contributed by atoms with van der Waals surface area (Å²) < 4.78 is 3.75. The van der Waals surface area contributed by atoms with Crippen LogP contribution in [-0.2, 0) is 21.7 Å². The Hall–Kier alpha value is -5.52. The average molecular weight is 1050 g/mol. The van der Waals surface area contributed by atoms with Gasteiger partial charge in [0.25, 0.3) is 0 Å². The predicted octanol–water partition coefficient (Wildman–Crippen LogP) is 9.71. The van der Waals surface area contributed by atoms with Crippen molar-refractivity contribution < 1.29 is 0 Å². The lowest BCUT2D eigenvalue weighted by Gasteiger charge is -2.34. The second kappa shape index (κ2) is 12.1. The molecule has 8 unspecified atom stereocenters. The fourth-order valence-electron chi connectivity index (χ4n) is 18.0. The predicted molar refractivity (Wildman–Crippen MR) is 288 cm³/mol. The van der Waals surface area contributed by atoms with E-state index in [1.54, 1.807) is 0 Å². The zero-order valence-electron chi connectivity index (χ0n) is 44.4.